The third kappa shape index (κ3) is 3.15. The van der Waals surface area contributed by atoms with Gasteiger partial charge >= 0.3 is 0 Å². The van der Waals surface area contributed by atoms with Gasteiger partial charge in [-0.1, -0.05) is 32.0 Å². The van der Waals surface area contributed by atoms with Crippen LogP contribution in [0.1, 0.15) is 32.4 Å². The van der Waals surface area contributed by atoms with Gasteiger partial charge in [-0.05, 0) is 30.5 Å². The minimum absolute atomic E-state index is 0.0335. The predicted octanol–water partition coefficient (Wildman–Crippen LogP) is 2.80. The van der Waals surface area contributed by atoms with E-state index in [1.165, 1.54) is 0 Å². The van der Waals surface area contributed by atoms with Gasteiger partial charge in [0, 0.05) is 18.2 Å². The van der Waals surface area contributed by atoms with Crippen molar-refractivity contribution in [1.29, 1.82) is 0 Å². The van der Waals surface area contributed by atoms with Gasteiger partial charge in [-0.2, -0.15) is 0 Å². The van der Waals surface area contributed by atoms with Gasteiger partial charge in [0.1, 0.15) is 0 Å². The molecule has 0 fully saturated rings. The SMILES string of the molecule is CCOC(C(C)C)C(NN)c1ccc2cccnc2c1. The monoisotopic (exact) mass is 273 g/mol. The van der Waals surface area contributed by atoms with Crippen molar-refractivity contribution in [2.75, 3.05) is 6.61 Å². The lowest BCUT2D eigenvalue weighted by Crippen LogP contribution is -2.40. The lowest BCUT2D eigenvalue weighted by Gasteiger charge is -2.30. The standard InChI is InChI=1S/C16H23N3O/c1-4-20-16(11(2)3)15(19-17)13-8-7-12-6-5-9-18-14(12)10-13/h5-11,15-16,19H,4,17H2,1-3H3. The molecule has 4 heteroatoms. The summed E-state index contributed by atoms with van der Waals surface area (Å²) in [5.41, 5.74) is 4.98. The highest BCUT2D eigenvalue weighted by atomic mass is 16.5. The van der Waals surface area contributed by atoms with Gasteiger partial charge in [0.2, 0.25) is 0 Å². The molecular formula is C16H23N3O. The molecule has 0 saturated heterocycles. The van der Waals surface area contributed by atoms with Crippen molar-refractivity contribution in [3.8, 4) is 0 Å². The smallest absolute Gasteiger partial charge is 0.0805 e. The quantitative estimate of drug-likeness (QED) is 0.627. The van der Waals surface area contributed by atoms with Crippen LogP contribution in [0.2, 0.25) is 0 Å². The third-order valence-corrected chi connectivity index (χ3v) is 3.51. The molecular weight excluding hydrogens is 250 g/mol. The highest BCUT2D eigenvalue weighted by Gasteiger charge is 2.25. The molecule has 0 aliphatic carbocycles. The zero-order chi connectivity index (χ0) is 14.5. The number of rotatable bonds is 6. The van der Waals surface area contributed by atoms with E-state index in [4.69, 9.17) is 10.6 Å². The summed E-state index contributed by atoms with van der Waals surface area (Å²) >= 11 is 0. The van der Waals surface area contributed by atoms with E-state index in [0.717, 1.165) is 16.5 Å². The van der Waals surface area contributed by atoms with Gasteiger partial charge < -0.3 is 4.74 Å². The summed E-state index contributed by atoms with van der Waals surface area (Å²) in [7, 11) is 0. The van der Waals surface area contributed by atoms with E-state index < -0.39 is 0 Å². The van der Waals surface area contributed by atoms with Crippen LogP contribution in [0, 0.1) is 5.92 Å². The van der Waals surface area contributed by atoms with E-state index in [1.54, 1.807) is 6.20 Å². The summed E-state index contributed by atoms with van der Waals surface area (Å²) in [5.74, 6) is 6.14. The van der Waals surface area contributed by atoms with Crippen LogP contribution in [0.15, 0.2) is 36.5 Å². The van der Waals surface area contributed by atoms with Gasteiger partial charge in [0.15, 0.2) is 0 Å². The maximum atomic E-state index is 5.86. The molecule has 20 heavy (non-hydrogen) atoms. The number of fused-ring (bicyclic) bond motifs is 1. The van der Waals surface area contributed by atoms with Crippen LogP contribution in [0.4, 0.5) is 0 Å². The van der Waals surface area contributed by atoms with Crippen LogP contribution in [0.3, 0.4) is 0 Å². The maximum Gasteiger partial charge on any atom is 0.0805 e. The largest absolute Gasteiger partial charge is 0.376 e. The normalized spacial score (nSPS) is 14.7. The van der Waals surface area contributed by atoms with Gasteiger partial charge in [0.05, 0.1) is 17.7 Å². The number of benzene rings is 1. The fourth-order valence-electron chi connectivity index (χ4n) is 2.52. The first-order valence-corrected chi connectivity index (χ1v) is 7.09. The van der Waals surface area contributed by atoms with Crippen molar-refractivity contribution < 1.29 is 4.74 Å². The average molecular weight is 273 g/mol. The predicted molar refractivity (Wildman–Crippen MR) is 82.1 cm³/mol. The molecule has 1 heterocycles. The van der Waals surface area contributed by atoms with Crippen molar-refractivity contribution >= 4 is 10.9 Å². The zero-order valence-electron chi connectivity index (χ0n) is 12.3. The number of ether oxygens (including phenoxy) is 1. The van der Waals surface area contributed by atoms with Crippen molar-refractivity contribution in [3.63, 3.8) is 0 Å². The highest BCUT2D eigenvalue weighted by molar-refractivity contribution is 5.79. The summed E-state index contributed by atoms with van der Waals surface area (Å²) in [6.45, 7) is 6.96. The maximum absolute atomic E-state index is 5.86. The first-order chi connectivity index (χ1) is 9.67. The summed E-state index contributed by atoms with van der Waals surface area (Å²) in [6.07, 6.45) is 1.84. The Morgan fingerprint density at radius 1 is 1.30 bits per heavy atom. The molecule has 2 atom stereocenters. The minimum atomic E-state index is -0.0404. The molecule has 0 radical (unpaired) electrons. The van der Waals surface area contributed by atoms with Crippen molar-refractivity contribution in [2.45, 2.75) is 32.9 Å². The van der Waals surface area contributed by atoms with E-state index in [2.05, 4.69) is 48.5 Å². The van der Waals surface area contributed by atoms with Gasteiger partial charge in [-0.15, -0.1) is 0 Å². The number of hydrogen-bond acceptors (Lipinski definition) is 4. The van der Waals surface area contributed by atoms with Crippen LogP contribution >= 0.6 is 0 Å². The van der Waals surface area contributed by atoms with E-state index in [9.17, 15) is 0 Å². The van der Waals surface area contributed by atoms with E-state index in [1.807, 2.05) is 13.0 Å². The summed E-state index contributed by atoms with van der Waals surface area (Å²) in [6, 6.07) is 10.2. The number of hydrogen-bond donors (Lipinski definition) is 2. The van der Waals surface area contributed by atoms with Crippen LogP contribution in [-0.2, 0) is 4.74 Å². The molecule has 0 bridgehead atoms. The first kappa shape index (κ1) is 14.9. The van der Waals surface area contributed by atoms with E-state index in [-0.39, 0.29) is 12.1 Å². The van der Waals surface area contributed by atoms with E-state index in [0.29, 0.717) is 12.5 Å². The summed E-state index contributed by atoms with van der Waals surface area (Å²) in [5, 5.41) is 1.13. The Morgan fingerprint density at radius 3 is 2.75 bits per heavy atom. The number of nitrogens with zero attached hydrogens (tertiary/aromatic N) is 1. The van der Waals surface area contributed by atoms with Crippen LogP contribution in [0.25, 0.3) is 10.9 Å². The van der Waals surface area contributed by atoms with Crippen LogP contribution in [-0.4, -0.2) is 17.7 Å². The van der Waals surface area contributed by atoms with Crippen LogP contribution in [0.5, 0.6) is 0 Å². The minimum Gasteiger partial charge on any atom is -0.376 e. The zero-order valence-corrected chi connectivity index (χ0v) is 12.3. The Balaban J connectivity index is 2.37. The Morgan fingerprint density at radius 2 is 2.10 bits per heavy atom. The van der Waals surface area contributed by atoms with Gasteiger partial charge in [-0.3, -0.25) is 16.3 Å². The molecule has 3 N–H and O–H groups in total. The molecule has 2 rings (SSSR count). The second-order valence-electron chi connectivity index (χ2n) is 5.26. The molecule has 2 aromatic rings. The molecule has 1 aromatic heterocycles. The average Bonchev–Trinajstić information content (AvgIpc) is 2.47. The summed E-state index contributed by atoms with van der Waals surface area (Å²) in [4.78, 5) is 4.40. The molecule has 0 saturated carbocycles. The third-order valence-electron chi connectivity index (χ3n) is 3.51. The number of aromatic nitrogens is 1. The molecule has 1 aromatic carbocycles. The fraction of sp³-hybridized carbons (Fsp3) is 0.438. The van der Waals surface area contributed by atoms with Crippen molar-refractivity contribution in [3.05, 3.63) is 42.1 Å². The molecule has 108 valence electrons. The van der Waals surface area contributed by atoms with Gasteiger partial charge in [0.25, 0.3) is 0 Å². The highest BCUT2D eigenvalue weighted by Crippen LogP contribution is 2.26. The molecule has 2 unspecified atom stereocenters. The molecule has 0 aliphatic heterocycles. The number of hydrazine groups is 1. The topological polar surface area (TPSA) is 60.2 Å². The Labute approximate surface area is 120 Å². The Bertz CT molecular complexity index is 556. The van der Waals surface area contributed by atoms with Crippen molar-refractivity contribution in [1.82, 2.24) is 10.4 Å². The Kier molecular flexibility index (Phi) is 5.06. The van der Waals surface area contributed by atoms with Gasteiger partial charge in [-0.25, -0.2) is 0 Å². The van der Waals surface area contributed by atoms with Crippen molar-refractivity contribution in [2.24, 2.45) is 11.8 Å². The second-order valence-corrected chi connectivity index (χ2v) is 5.26. The van der Waals surface area contributed by atoms with E-state index >= 15 is 0 Å². The Hall–Kier alpha value is -1.49. The number of nitrogens with two attached hydrogens (primary N) is 1. The van der Waals surface area contributed by atoms with Crippen LogP contribution < -0.4 is 11.3 Å². The first-order valence-electron chi connectivity index (χ1n) is 7.09. The molecule has 0 spiro atoms. The second kappa shape index (κ2) is 6.79. The number of nitrogens with one attached hydrogen (secondary N) is 1. The fourth-order valence-corrected chi connectivity index (χ4v) is 2.52. The molecule has 0 aliphatic rings. The molecule has 4 nitrogen and oxygen atoms in total. The summed E-state index contributed by atoms with van der Waals surface area (Å²) < 4.78 is 5.86. The lowest BCUT2D eigenvalue weighted by molar-refractivity contribution is 0.00280. The molecule has 0 amide bonds. The lowest BCUT2D eigenvalue weighted by atomic mass is 9.93. The number of pyridine rings is 1.